The van der Waals surface area contributed by atoms with Crippen molar-refractivity contribution < 1.29 is 0 Å². The van der Waals surface area contributed by atoms with Crippen molar-refractivity contribution in [2.45, 2.75) is 26.7 Å². The monoisotopic (exact) mass is 218 g/mol. The van der Waals surface area contributed by atoms with Crippen LogP contribution >= 0.6 is 0 Å². The molecule has 0 saturated heterocycles. The molecule has 0 N–H and O–H groups in total. The minimum absolute atomic E-state index is 0.455. The van der Waals surface area contributed by atoms with Gasteiger partial charge in [-0.05, 0) is 12.8 Å². The summed E-state index contributed by atoms with van der Waals surface area (Å²) in [5.41, 5.74) is 2.35. The van der Waals surface area contributed by atoms with Gasteiger partial charge in [0.15, 0.2) is 0 Å². The van der Waals surface area contributed by atoms with E-state index in [1.54, 1.807) is 6.20 Å². The van der Waals surface area contributed by atoms with Crippen LogP contribution in [0.3, 0.4) is 0 Å². The number of fused-ring (bicyclic) bond motifs is 1. The minimum Gasteiger partial charge on any atom is -0.363 e. The summed E-state index contributed by atoms with van der Waals surface area (Å²) in [6, 6.07) is 0. The highest BCUT2D eigenvalue weighted by molar-refractivity contribution is 5.56. The Balaban J connectivity index is 2.85. The number of nitrogens with zero attached hydrogens (tertiary/aromatic N) is 4. The van der Waals surface area contributed by atoms with E-state index in [0.717, 1.165) is 11.5 Å². The van der Waals surface area contributed by atoms with Gasteiger partial charge in [0.1, 0.15) is 5.82 Å². The van der Waals surface area contributed by atoms with Crippen molar-refractivity contribution in [2.75, 3.05) is 19.0 Å². The maximum absolute atomic E-state index is 4.53. The maximum Gasteiger partial charge on any atom is 0.235 e. The van der Waals surface area contributed by atoms with Crippen molar-refractivity contribution in [3.8, 4) is 0 Å². The van der Waals surface area contributed by atoms with Crippen LogP contribution in [0.4, 0.5) is 5.82 Å². The van der Waals surface area contributed by atoms with Crippen LogP contribution in [-0.4, -0.2) is 28.5 Å². The largest absolute Gasteiger partial charge is 0.363 e. The van der Waals surface area contributed by atoms with Crippen LogP contribution in [0.2, 0.25) is 0 Å². The normalized spacial score (nSPS) is 11.4. The third-order valence-corrected chi connectivity index (χ3v) is 2.75. The summed E-state index contributed by atoms with van der Waals surface area (Å²) < 4.78 is 2.04. The SMILES string of the molecule is Cc1nc2nccn2c(N(C)C)c1C(C)C. The fourth-order valence-corrected chi connectivity index (χ4v) is 2.18. The molecule has 2 aromatic heterocycles. The molecule has 86 valence electrons. The van der Waals surface area contributed by atoms with Gasteiger partial charge in [-0.25, -0.2) is 9.97 Å². The second-order valence-corrected chi connectivity index (χ2v) is 4.58. The molecule has 0 saturated carbocycles. The molecule has 0 bridgehead atoms. The lowest BCUT2D eigenvalue weighted by atomic mass is 10.0. The van der Waals surface area contributed by atoms with Crippen molar-refractivity contribution in [1.82, 2.24) is 14.4 Å². The van der Waals surface area contributed by atoms with Crippen molar-refractivity contribution >= 4 is 11.6 Å². The molecular weight excluding hydrogens is 200 g/mol. The fourth-order valence-electron chi connectivity index (χ4n) is 2.18. The quantitative estimate of drug-likeness (QED) is 0.775. The number of hydrogen-bond donors (Lipinski definition) is 0. The molecule has 0 aliphatic heterocycles. The van der Waals surface area contributed by atoms with Gasteiger partial charge in [-0.1, -0.05) is 13.8 Å². The maximum atomic E-state index is 4.53. The highest BCUT2D eigenvalue weighted by atomic mass is 15.2. The van der Waals surface area contributed by atoms with Crippen molar-refractivity contribution in [3.05, 3.63) is 23.7 Å². The molecule has 16 heavy (non-hydrogen) atoms. The lowest BCUT2D eigenvalue weighted by Crippen LogP contribution is -2.18. The van der Waals surface area contributed by atoms with E-state index in [-0.39, 0.29) is 0 Å². The number of anilines is 1. The second-order valence-electron chi connectivity index (χ2n) is 4.58. The van der Waals surface area contributed by atoms with Crippen molar-refractivity contribution in [1.29, 1.82) is 0 Å². The molecule has 4 heteroatoms. The van der Waals surface area contributed by atoms with Crippen LogP contribution in [0.1, 0.15) is 31.0 Å². The Morgan fingerprint density at radius 1 is 1.31 bits per heavy atom. The number of aromatic nitrogens is 3. The fraction of sp³-hybridized carbons (Fsp3) is 0.500. The Morgan fingerprint density at radius 2 is 2.00 bits per heavy atom. The molecule has 0 atom stereocenters. The Morgan fingerprint density at radius 3 is 2.56 bits per heavy atom. The van der Waals surface area contributed by atoms with E-state index in [2.05, 4.69) is 49.7 Å². The van der Waals surface area contributed by atoms with Crippen molar-refractivity contribution in [3.63, 3.8) is 0 Å². The number of hydrogen-bond acceptors (Lipinski definition) is 3. The summed E-state index contributed by atoms with van der Waals surface area (Å²) in [4.78, 5) is 10.9. The van der Waals surface area contributed by atoms with Gasteiger partial charge in [0.25, 0.3) is 0 Å². The molecule has 2 aromatic rings. The first kappa shape index (κ1) is 10.9. The first-order valence-electron chi connectivity index (χ1n) is 5.53. The number of rotatable bonds is 2. The topological polar surface area (TPSA) is 33.4 Å². The lowest BCUT2D eigenvalue weighted by Gasteiger charge is -2.22. The molecule has 0 aliphatic rings. The Labute approximate surface area is 95.9 Å². The summed E-state index contributed by atoms with van der Waals surface area (Å²) in [5, 5.41) is 0. The van der Waals surface area contributed by atoms with Crippen LogP contribution < -0.4 is 4.90 Å². The third kappa shape index (κ3) is 1.54. The second kappa shape index (κ2) is 3.77. The zero-order valence-corrected chi connectivity index (χ0v) is 10.5. The molecule has 2 heterocycles. The molecule has 0 aliphatic carbocycles. The Kier molecular flexibility index (Phi) is 2.58. The first-order valence-corrected chi connectivity index (χ1v) is 5.53. The van der Waals surface area contributed by atoms with Crippen molar-refractivity contribution in [2.24, 2.45) is 0 Å². The predicted octanol–water partition coefficient (Wildman–Crippen LogP) is 2.23. The summed E-state index contributed by atoms with van der Waals surface area (Å²) in [6.07, 6.45) is 3.75. The zero-order valence-electron chi connectivity index (χ0n) is 10.5. The van der Waals surface area contributed by atoms with Crippen LogP contribution in [0.5, 0.6) is 0 Å². The molecular formula is C12H18N4. The minimum atomic E-state index is 0.455. The van der Waals surface area contributed by atoms with Gasteiger partial charge >= 0.3 is 0 Å². The molecule has 0 amide bonds. The molecule has 0 spiro atoms. The number of aryl methyl sites for hydroxylation is 1. The number of imidazole rings is 1. The molecule has 2 rings (SSSR count). The zero-order chi connectivity index (χ0) is 11.9. The smallest absolute Gasteiger partial charge is 0.235 e. The molecule has 4 nitrogen and oxygen atoms in total. The summed E-state index contributed by atoms with van der Waals surface area (Å²) in [5.74, 6) is 2.40. The predicted molar refractivity (Wildman–Crippen MR) is 66.1 cm³/mol. The average molecular weight is 218 g/mol. The van der Waals surface area contributed by atoms with Crippen LogP contribution in [-0.2, 0) is 0 Å². The van der Waals surface area contributed by atoms with Gasteiger partial charge in [-0.15, -0.1) is 0 Å². The third-order valence-electron chi connectivity index (χ3n) is 2.75. The molecule has 0 radical (unpaired) electrons. The lowest BCUT2D eigenvalue weighted by molar-refractivity contribution is 0.813. The Bertz CT molecular complexity index is 511. The van der Waals surface area contributed by atoms with Gasteiger partial charge in [0.2, 0.25) is 5.78 Å². The van der Waals surface area contributed by atoms with Gasteiger partial charge in [-0.3, -0.25) is 4.40 Å². The van der Waals surface area contributed by atoms with Gasteiger partial charge in [-0.2, -0.15) is 0 Å². The molecule has 0 unspecified atom stereocenters. The van der Waals surface area contributed by atoms with Gasteiger partial charge < -0.3 is 4.90 Å². The van der Waals surface area contributed by atoms with Crippen LogP contribution in [0.25, 0.3) is 5.78 Å². The highest BCUT2D eigenvalue weighted by Gasteiger charge is 2.17. The van der Waals surface area contributed by atoms with Gasteiger partial charge in [0.05, 0.1) is 0 Å². The molecule has 0 aromatic carbocycles. The van der Waals surface area contributed by atoms with Crippen LogP contribution in [0, 0.1) is 6.92 Å². The molecule has 0 fully saturated rings. The van der Waals surface area contributed by atoms with E-state index in [1.165, 1.54) is 11.4 Å². The van der Waals surface area contributed by atoms with Crippen LogP contribution in [0.15, 0.2) is 12.4 Å². The van der Waals surface area contributed by atoms with E-state index >= 15 is 0 Å². The first-order chi connectivity index (χ1) is 7.52. The summed E-state index contributed by atoms with van der Waals surface area (Å²) in [7, 11) is 4.11. The van der Waals surface area contributed by atoms with Gasteiger partial charge in [0, 0.05) is 37.7 Å². The standard InChI is InChI=1S/C12H18N4/c1-8(2)10-9(3)14-12-13-6-7-16(12)11(10)15(4)5/h6-8H,1-5H3. The highest BCUT2D eigenvalue weighted by Crippen LogP contribution is 2.28. The van der Waals surface area contributed by atoms with E-state index in [0.29, 0.717) is 5.92 Å². The Hall–Kier alpha value is -1.58. The summed E-state index contributed by atoms with van der Waals surface area (Å²) in [6.45, 7) is 6.44. The average Bonchev–Trinajstić information content (AvgIpc) is 2.61. The summed E-state index contributed by atoms with van der Waals surface area (Å²) >= 11 is 0. The van der Waals surface area contributed by atoms with E-state index in [9.17, 15) is 0 Å². The van der Waals surface area contributed by atoms with E-state index in [4.69, 9.17) is 0 Å². The van der Waals surface area contributed by atoms with E-state index < -0.39 is 0 Å². The van der Waals surface area contributed by atoms with E-state index in [1.807, 2.05) is 10.6 Å².